The number of benzene rings is 1. The van der Waals surface area contributed by atoms with Crippen molar-refractivity contribution in [1.82, 2.24) is 0 Å². The predicted molar refractivity (Wildman–Crippen MR) is 61.3 cm³/mol. The molecule has 84 valence electrons. The van der Waals surface area contributed by atoms with Gasteiger partial charge in [0.2, 0.25) is 0 Å². The molecule has 0 heterocycles. The molecule has 0 radical (unpaired) electrons. The second-order valence-electron chi connectivity index (χ2n) is 3.34. The second-order valence-corrected chi connectivity index (χ2v) is 3.75. The fourth-order valence-electron chi connectivity index (χ4n) is 1.27. The van der Waals surface area contributed by atoms with Crippen LogP contribution in [-0.2, 0) is 11.3 Å². The van der Waals surface area contributed by atoms with Gasteiger partial charge < -0.3 is 15.2 Å². The van der Waals surface area contributed by atoms with E-state index in [1.807, 2.05) is 19.1 Å². The van der Waals surface area contributed by atoms with Crippen molar-refractivity contribution in [2.45, 2.75) is 19.6 Å². The van der Waals surface area contributed by atoms with Gasteiger partial charge in [-0.25, -0.2) is 0 Å². The molecule has 15 heavy (non-hydrogen) atoms. The average Bonchev–Trinajstić information content (AvgIpc) is 2.18. The van der Waals surface area contributed by atoms with Crippen LogP contribution in [0.15, 0.2) is 18.2 Å². The topological polar surface area (TPSA) is 44.5 Å². The van der Waals surface area contributed by atoms with Crippen LogP contribution < -0.4 is 10.5 Å². The Morgan fingerprint density at radius 1 is 1.47 bits per heavy atom. The summed E-state index contributed by atoms with van der Waals surface area (Å²) in [6.07, 6.45) is 0.00907. The molecule has 0 bridgehead atoms. The minimum atomic E-state index is 0.00907. The van der Waals surface area contributed by atoms with Crippen LogP contribution >= 0.6 is 11.6 Å². The zero-order valence-electron chi connectivity index (χ0n) is 9.00. The molecule has 0 aliphatic heterocycles. The fraction of sp³-hybridized carbons (Fsp3) is 0.455. The van der Waals surface area contributed by atoms with E-state index >= 15 is 0 Å². The van der Waals surface area contributed by atoms with Gasteiger partial charge in [0.05, 0.1) is 6.61 Å². The lowest BCUT2D eigenvalue weighted by molar-refractivity contribution is 0.0921. The smallest absolute Gasteiger partial charge is 0.121 e. The summed E-state index contributed by atoms with van der Waals surface area (Å²) in [5.41, 5.74) is 6.42. The quantitative estimate of drug-likeness (QED) is 0.842. The van der Waals surface area contributed by atoms with Crippen molar-refractivity contribution in [3.8, 4) is 5.75 Å². The Hall–Kier alpha value is -0.770. The van der Waals surface area contributed by atoms with E-state index in [4.69, 9.17) is 26.8 Å². The summed E-state index contributed by atoms with van der Waals surface area (Å²) < 4.78 is 10.6. The first-order chi connectivity index (χ1) is 7.17. The largest absolute Gasteiger partial charge is 0.488 e. The lowest BCUT2D eigenvalue weighted by Crippen LogP contribution is -2.17. The van der Waals surface area contributed by atoms with Gasteiger partial charge in [-0.05, 0) is 24.6 Å². The third-order valence-corrected chi connectivity index (χ3v) is 2.33. The Balaban J connectivity index is 2.66. The number of hydrogen-bond acceptors (Lipinski definition) is 3. The monoisotopic (exact) mass is 229 g/mol. The minimum absolute atomic E-state index is 0.00907. The molecule has 0 aliphatic carbocycles. The van der Waals surface area contributed by atoms with Gasteiger partial charge in [0.25, 0.3) is 0 Å². The molecule has 0 aliphatic rings. The molecular weight excluding hydrogens is 214 g/mol. The van der Waals surface area contributed by atoms with Gasteiger partial charge in [0.15, 0.2) is 0 Å². The first-order valence-corrected chi connectivity index (χ1v) is 5.19. The summed E-state index contributed by atoms with van der Waals surface area (Å²) in [5.74, 6) is 0.738. The first-order valence-electron chi connectivity index (χ1n) is 4.81. The number of methoxy groups -OCH3 is 1. The van der Waals surface area contributed by atoms with Crippen LogP contribution in [0, 0.1) is 0 Å². The molecule has 1 aromatic carbocycles. The molecule has 0 spiro atoms. The zero-order valence-corrected chi connectivity index (χ0v) is 9.75. The predicted octanol–water partition coefficient (Wildman–Crippen LogP) is 2.21. The molecule has 0 saturated heterocycles. The van der Waals surface area contributed by atoms with Gasteiger partial charge in [-0.1, -0.05) is 17.7 Å². The third kappa shape index (κ3) is 3.70. The Morgan fingerprint density at radius 2 is 2.20 bits per heavy atom. The van der Waals surface area contributed by atoms with Gasteiger partial charge >= 0.3 is 0 Å². The van der Waals surface area contributed by atoms with Gasteiger partial charge in [0, 0.05) is 18.7 Å². The third-order valence-electron chi connectivity index (χ3n) is 1.98. The summed E-state index contributed by atoms with van der Waals surface area (Å²) in [6, 6.07) is 5.51. The summed E-state index contributed by atoms with van der Waals surface area (Å²) in [6.45, 7) is 2.93. The highest BCUT2D eigenvalue weighted by molar-refractivity contribution is 6.31. The maximum absolute atomic E-state index is 6.00. The molecule has 2 N–H and O–H groups in total. The maximum atomic E-state index is 6.00. The Morgan fingerprint density at radius 3 is 2.73 bits per heavy atom. The van der Waals surface area contributed by atoms with Crippen molar-refractivity contribution in [2.24, 2.45) is 5.73 Å². The van der Waals surface area contributed by atoms with Crippen molar-refractivity contribution in [3.05, 3.63) is 28.8 Å². The van der Waals surface area contributed by atoms with Crippen molar-refractivity contribution in [2.75, 3.05) is 13.7 Å². The highest BCUT2D eigenvalue weighted by Crippen LogP contribution is 2.22. The minimum Gasteiger partial charge on any atom is -0.488 e. The lowest BCUT2D eigenvalue weighted by Gasteiger charge is -2.14. The second kappa shape index (κ2) is 5.95. The molecule has 0 amide bonds. The molecule has 0 fully saturated rings. The number of halogens is 1. The van der Waals surface area contributed by atoms with Gasteiger partial charge in [-0.2, -0.15) is 0 Å². The Bertz CT molecular complexity index is 317. The van der Waals surface area contributed by atoms with Gasteiger partial charge in [-0.3, -0.25) is 0 Å². The van der Waals surface area contributed by atoms with Crippen LogP contribution in [0.4, 0.5) is 0 Å². The molecule has 4 heteroatoms. The van der Waals surface area contributed by atoms with Crippen LogP contribution in [0.2, 0.25) is 5.02 Å². The van der Waals surface area contributed by atoms with Crippen LogP contribution in [0.3, 0.4) is 0 Å². The van der Waals surface area contributed by atoms with Gasteiger partial charge in [-0.15, -0.1) is 0 Å². The molecule has 0 saturated carbocycles. The Kier molecular flexibility index (Phi) is 4.88. The van der Waals surface area contributed by atoms with E-state index in [2.05, 4.69) is 0 Å². The summed E-state index contributed by atoms with van der Waals surface area (Å²) in [7, 11) is 1.64. The van der Waals surface area contributed by atoms with E-state index in [0.717, 1.165) is 11.3 Å². The fourth-order valence-corrected chi connectivity index (χ4v) is 1.52. The van der Waals surface area contributed by atoms with Crippen molar-refractivity contribution in [3.63, 3.8) is 0 Å². The van der Waals surface area contributed by atoms with E-state index in [1.54, 1.807) is 13.2 Å². The maximum Gasteiger partial charge on any atom is 0.121 e. The number of ether oxygens (including phenoxy) is 2. The van der Waals surface area contributed by atoms with Crippen LogP contribution in [0.25, 0.3) is 0 Å². The van der Waals surface area contributed by atoms with Crippen LogP contribution in [0.5, 0.6) is 5.75 Å². The van der Waals surface area contributed by atoms with Crippen LogP contribution in [0.1, 0.15) is 12.5 Å². The molecule has 1 aromatic rings. The number of nitrogens with two attached hydrogens (primary N) is 1. The van der Waals surface area contributed by atoms with Gasteiger partial charge in [0.1, 0.15) is 11.9 Å². The summed E-state index contributed by atoms with van der Waals surface area (Å²) in [4.78, 5) is 0. The number of rotatable bonds is 5. The molecule has 0 aromatic heterocycles. The standard InChI is InChI=1S/C11H16ClNO2/c1-8(7-14-2)15-10-4-3-9(6-13)11(12)5-10/h3-5,8H,6-7,13H2,1-2H3. The number of hydrogen-bond donors (Lipinski definition) is 1. The van der Waals surface area contributed by atoms with Crippen molar-refractivity contribution >= 4 is 11.6 Å². The summed E-state index contributed by atoms with van der Waals surface area (Å²) >= 11 is 6.00. The van der Waals surface area contributed by atoms with E-state index in [-0.39, 0.29) is 6.10 Å². The Labute approximate surface area is 95.1 Å². The highest BCUT2D eigenvalue weighted by atomic mass is 35.5. The average molecular weight is 230 g/mol. The van der Waals surface area contributed by atoms with Crippen molar-refractivity contribution < 1.29 is 9.47 Å². The lowest BCUT2D eigenvalue weighted by atomic mass is 10.2. The molecule has 3 nitrogen and oxygen atoms in total. The van der Waals surface area contributed by atoms with E-state index < -0.39 is 0 Å². The van der Waals surface area contributed by atoms with Crippen LogP contribution in [-0.4, -0.2) is 19.8 Å². The first kappa shape index (κ1) is 12.3. The SMILES string of the molecule is COCC(C)Oc1ccc(CN)c(Cl)c1. The normalized spacial score (nSPS) is 12.5. The zero-order chi connectivity index (χ0) is 11.3. The van der Waals surface area contributed by atoms with E-state index in [1.165, 1.54) is 0 Å². The molecular formula is C11H16ClNO2. The van der Waals surface area contributed by atoms with E-state index in [0.29, 0.717) is 18.2 Å². The molecule has 1 unspecified atom stereocenters. The van der Waals surface area contributed by atoms with E-state index in [9.17, 15) is 0 Å². The molecule has 1 rings (SSSR count). The molecule has 1 atom stereocenters. The highest BCUT2D eigenvalue weighted by Gasteiger charge is 2.05. The van der Waals surface area contributed by atoms with Crippen molar-refractivity contribution in [1.29, 1.82) is 0 Å². The summed E-state index contributed by atoms with van der Waals surface area (Å²) in [5, 5.41) is 0.639.